The van der Waals surface area contributed by atoms with Crippen molar-refractivity contribution in [2.24, 2.45) is 0 Å². The van der Waals surface area contributed by atoms with Crippen molar-refractivity contribution in [3.63, 3.8) is 0 Å². The van der Waals surface area contributed by atoms with Gasteiger partial charge in [-0.3, -0.25) is 0 Å². The van der Waals surface area contributed by atoms with Crippen LogP contribution in [0.5, 0.6) is 0 Å². The van der Waals surface area contributed by atoms with Crippen molar-refractivity contribution in [2.45, 2.75) is 0 Å². The van der Waals surface area contributed by atoms with Gasteiger partial charge in [0.2, 0.25) is 5.95 Å². The zero-order valence-electron chi connectivity index (χ0n) is 8.26. The average Bonchev–Trinajstić information content (AvgIpc) is 2.30. The SMILES string of the molecule is CSN1CCN(c2ncccn2)CC1. The van der Waals surface area contributed by atoms with E-state index in [1.54, 1.807) is 12.4 Å². The molecule has 0 N–H and O–H groups in total. The Morgan fingerprint density at radius 2 is 1.79 bits per heavy atom. The summed E-state index contributed by atoms with van der Waals surface area (Å²) in [6.45, 7) is 4.20. The van der Waals surface area contributed by atoms with Crippen molar-refractivity contribution in [3.8, 4) is 0 Å². The Morgan fingerprint density at radius 3 is 2.36 bits per heavy atom. The van der Waals surface area contributed by atoms with Crippen LogP contribution in [0.25, 0.3) is 0 Å². The number of piperazine rings is 1. The number of rotatable bonds is 2. The van der Waals surface area contributed by atoms with Crippen LogP contribution >= 0.6 is 11.9 Å². The summed E-state index contributed by atoms with van der Waals surface area (Å²) < 4.78 is 2.36. The van der Waals surface area contributed by atoms with Crippen LogP contribution in [0.4, 0.5) is 5.95 Å². The Kier molecular flexibility index (Phi) is 3.21. The normalized spacial score (nSPS) is 18.5. The highest BCUT2D eigenvalue weighted by molar-refractivity contribution is 7.96. The molecule has 5 heteroatoms. The fourth-order valence-electron chi connectivity index (χ4n) is 1.53. The van der Waals surface area contributed by atoms with Crippen LogP contribution in [0, 0.1) is 0 Å². The number of hydrogen-bond acceptors (Lipinski definition) is 5. The molecule has 14 heavy (non-hydrogen) atoms. The van der Waals surface area contributed by atoms with Crippen molar-refractivity contribution in [1.29, 1.82) is 0 Å². The van der Waals surface area contributed by atoms with Gasteiger partial charge < -0.3 is 4.90 Å². The van der Waals surface area contributed by atoms with Gasteiger partial charge in [0.25, 0.3) is 0 Å². The van der Waals surface area contributed by atoms with E-state index in [4.69, 9.17) is 0 Å². The third-order valence-corrected chi connectivity index (χ3v) is 3.21. The first-order valence-corrected chi connectivity index (χ1v) is 5.89. The van der Waals surface area contributed by atoms with Gasteiger partial charge in [-0.2, -0.15) is 0 Å². The molecule has 1 aromatic heterocycles. The summed E-state index contributed by atoms with van der Waals surface area (Å²) in [5.41, 5.74) is 0. The van der Waals surface area contributed by atoms with Crippen LogP contribution in [0.15, 0.2) is 18.5 Å². The Labute approximate surface area is 88.5 Å². The smallest absolute Gasteiger partial charge is 0.225 e. The maximum absolute atomic E-state index is 4.24. The minimum atomic E-state index is 0.855. The molecule has 1 aliphatic rings. The van der Waals surface area contributed by atoms with Gasteiger partial charge in [0, 0.05) is 38.6 Å². The summed E-state index contributed by atoms with van der Waals surface area (Å²) in [4.78, 5) is 10.7. The maximum atomic E-state index is 4.24. The van der Waals surface area contributed by atoms with E-state index in [9.17, 15) is 0 Å². The number of hydrogen-bond donors (Lipinski definition) is 0. The molecule has 0 spiro atoms. The van der Waals surface area contributed by atoms with Crippen LogP contribution < -0.4 is 4.90 Å². The lowest BCUT2D eigenvalue weighted by Gasteiger charge is -2.32. The van der Waals surface area contributed by atoms with E-state index >= 15 is 0 Å². The fraction of sp³-hybridized carbons (Fsp3) is 0.556. The molecule has 76 valence electrons. The minimum absolute atomic E-state index is 0.855. The third kappa shape index (κ3) is 2.16. The second-order valence-electron chi connectivity index (χ2n) is 3.15. The largest absolute Gasteiger partial charge is 0.338 e. The molecule has 0 atom stereocenters. The van der Waals surface area contributed by atoms with Crippen molar-refractivity contribution < 1.29 is 0 Å². The van der Waals surface area contributed by atoms with E-state index < -0.39 is 0 Å². The number of anilines is 1. The molecular formula is C9H14N4S. The van der Waals surface area contributed by atoms with Crippen molar-refractivity contribution in [3.05, 3.63) is 18.5 Å². The molecule has 2 heterocycles. The van der Waals surface area contributed by atoms with Crippen LogP contribution in [0.2, 0.25) is 0 Å². The molecule has 0 radical (unpaired) electrons. The summed E-state index contributed by atoms with van der Waals surface area (Å²) >= 11 is 1.81. The average molecular weight is 210 g/mol. The van der Waals surface area contributed by atoms with Crippen molar-refractivity contribution in [2.75, 3.05) is 37.3 Å². The molecule has 1 aromatic rings. The van der Waals surface area contributed by atoms with Gasteiger partial charge in [0.1, 0.15) is 0 Å². The highest BCUT2D eigenvalue weighted by atomic mass is 32.2. The molecule has 0 amide bonds. The molecule has 1 saturated heterocycles. The van der Waals surface area contributed by atoms with E-state index in [2.05, 4.69) is 25.4 Å². The maximum Gasteiger partial charge on any atom is 0.225 e. The van der Waals surface area contributed by atoms with E-state index in [1.165, 1.54) is 0 Å². The van der Waals surface area contributed by atoms with Crippen molar-refractivity contribution in [1.82, 2.24) is 14.3 Å². The monoisotopic (exact) mass is 210 g/mol. The van der Waals surface area contributed by atoms with E-state index in [0.717, 1.165) is 32.1 Å². The van der Waals surface area contributed by atoms with E-state index in [1.807, 2.05) is 18.0 Å². The van der Waals surface area contributed by atoms with Crippen LogP contribution in [0.1, 0.15) is 0 Å². The molecule has 0 aliphatic carbocycles. The summed E-state index contributed by atoms with van der Waals surface area (Å²) in [6.07, 6.45) is 5.71. The van der Waals surface area contributed by atoms with Crippen molar-refractivity contribution >= 4 is 17.9 Å². The quantitative estimate of drug-likeness (QED) is 0.677. The van der Waals surface area contributed by atoms with Crippen LogP contribution in [-0.4, -0.2) is 46.7 Å². The van der Waals surface area contributed by atoms with Crippen LogP contribution in [0.3, 0.4) is 0 Å². The number of aromatic nitrogens is 2. The first-order chi connectivity index (χ1) is 6.90. The second-order valence-corrected chi connectivity index (χ2v) is 4.03. The Bertz CT molecular complexity index is 271. The fourth-order valence-corrected chi connectivity index (χ4v) is 2.05. The third-order valence-electron chi connectivity index (χ3n) is 2.33. The molecule has 0 aromatic carbocycles. The first kappa shape index (κ1) is 9.73. The first-order valence-electron chi connectivity index (χ1n) is 4.71. The molecule has 1 aliphatic heterocycles. The van der Waals surface area contributed by atoms with Gasteiger partial charge in [0.15, 0.2) is 0 Å². The van der Waals surface area contributed by atoms with Crippen LogP contribution in [-0.2, 0) is 0 Å². The molecule has 1 fully saturated rings. The Hall–Kier alpha value is -0.810. The Morgan fingerprint density at radius 1 is 1.14 bits per heavy atom. The minimum Gasteiger partial charge on any atom is -0.338 e. The predicted molar refractivity (Wildman–Crippen MR) is 59.3 cm³/mol. The highest BCUT2D eigenvalue weighted by Crippen LogP contribution is 2.13. The van der Waals surface area contributed by atoms with Gasteiger partial charge in [0.05, 0.1) is 0 Å². The zero-order chi connectivity index (χ0) is 9.80. The lowest BCUT2D eigenvalue weighted by atomic mass is 10.4. The van der Waals surface area contributed by atoms with E-state index in [-0.39, 0.29) is 0 Å². The molecule has 2 rings (SSSR count). The summed E-state index contributed by atoms with van der Waals surface area (Å²) in [7, 11) is 0. The molecule has 0 bridgehead atoms. The second kappa shape index (κ2) is 4.61. The molecule has 0 saturated carbocycles. The summed E-state index contributed by atoms with van der Waals surface area (Å²) in [5, 5.41) is 0. The standard InChI is InChI=1S/C9H14N4S/c1-14-13-7-5-12(6-8-13)9-10-3-2-4-11-9/h2-4H,5-8H2,1H3. The van der Waals surface area contributed by atoms with Gasteiger partial charge in [-0.1, -0.05) is 11.9 Å². The lowest BCUT2D eigenvalue weighted by molar-refractivity contribution is 0.427. The van der Waals surface area contributed by atoms with Gasteiger partial charge >= 0.3 is 0 Å². The molecule has 4 nitrogen and oxygen atoms in total. The van der Waals surface area contributed by atoms with E-state index in [0.29, 0.717) is 0 Å². The van der Waals surface area contributed by atoms with Gasteiger partial charge in [-0.25, -0.2) is 14.3 Å². The zero-order valence-corrected chi connectivity index (χ0v) is 9.07. The summed E-state index contributed by atoms with van der Waals surface area (Å²) in [6, 6.07) is 1.85. The molecule has 0 unspecified atom stereocenters. The lowest BCUT2D eigenvalue weighted by Crippen LogP contribution is -2.44. The Balaban J connectivity index is 1.96. The highest BCUT2D eigenvalue weighted by Gasteiger charge is 2.17. The summed E-state index contributed by atoms with van der Waals surface area (Å²) in [5.74, 6) is 0.855. The predicted octanol–water partition coefficient (Wildman–Crippen LogP) is 0.877. The number of nitrogens with zero attached hydrogens (tertiary/aromatic N) is 4. The molecular weight excluding hydrogens is 196 g/mol. The van der Waals surface area contributed by atoms with Gasteiger partial charge in [-0.05, 0) is 12.3 Å². The topological polar surface area (TPSA) is 32.3 Å². The van der Waals surface area contributed by atoms with Gasteiger partial charge in [-0.15, -0.1) is 0 Å².